The fourth-order valence-corrected chi connectivity index (χ4v) is 19.4. The lowest BCUT2D eigenvalue weighted by Gasteiger charge is -2.27. The van der Waals surface area contributed by atoms with Gasteiger partial charge in [-0.3, -0.25) is 9.98 Å². The SMILES string of the molecule is CC1=CC(C)=N/C1=C(/c1ccc(-c2ccc3c4c(cccc24)-c2c-3c(-c3ccccc3)c3ccccc3c2-c2ccccc2)cc1)c1c(C)cc(C)n1B(OCC(F)(F)C(F)(F)F)OCC(F)(F)C(F)(F)F.CC1=CC(C)=N/C1=C(/c1ccc2c3c(cccc13)-c1c-2c(-c2ccccc2)c2ccccc2c1-c1ccccc1)c1c(C)cc(C)n1B(OCC(F)(F)C(F)(F)F)OCC(F)(F)C(F)(F)F. The van der Waals surface area contributed by atoms with Gasteiger partial charge in [-0.25, -0.2) is 0 Å². The van der Waals surface area contributed by atoms with Gasteiger partial charge in [-0.2, -0.15) is 87.8 Å². The van der Waals surface area contributed by atoms with Gasteiger partial charge in [-0.1, -0.05) is 255 Å². The molecule has 4 aliphatic rings. The number of hydrogen-bond donors (Lipinski definition) is 0. The monoisotopic (exact) mass is 1900 g/mol. The lowest BCUT2D eigenvalue weighted by Crippen LogP contribution is -2.48. The number of aromatic nitrogens is 2. The molecule has 0 amide bonds. The summed E-state index contributed by atoms with van der Waals surface area (Å²) >= 11 is 0. The molecular weight excluding hydrogens is 1820 g/mol. The first kappa shape index (κ1) is 94.7. The zero-order chi connectivity index (χ0) is 98.2. The van der Waals surface area contributed by atoms with E-state index in [4.69, 9.17) is 28.6 Å². The molecule has 2 aliphatic heterocycles. The average Bonchev–Trinajstić information content (AvgIpc) is 1.53. The number of nitrogens with zero attached hydrogens (tertiary/aromatic N) is 4. The van der Waals surface area contributed by atoms with Gasteiger partial charge in [0.2, 0.25) is 0 Å². The second-order valence-corrected chi connectivity index (χ2v) is 34.6. The lowest BCUT2D eigenvalue weighted by atomic mass is 9.82. The molecule has 0 saturated heterocycles. The Balaban J connectivity index is 0.000000184. The van der Waals surface area contributed by atoms with E-state index in [-0.39, 0.29) is 33.9 Å². The predicted molar refractivity (Wildman–Crippen MR) is 503 cm³/mol. The second kappa shape index (κ2) is 35.4. The van der Waals surface area contributed by atoms with E-state index in [1.807, 2.05) is 158 Å². The van der Waals surface area contributed by atoms with Crippen molar-refractivity contribution in [2.75, 3.05) is 26.4 Å². The van der Waals surface area contributed by atoms with Gasteiger partial charge in [-0.05, 0) is 256 Å². The summed E-state index contributed by atoms with van der Waals surface area (Å²) in [5.74, 6) is -22.2. The van der Waals surface area contributed by atoms with E-state index in [1.165, 1.54) is 26.0 Å². The number of benzene rings is 13. The van der Waals surface area contributed by atoms with Crippen LogP contribution in [0.5, 0.6) is 0 Å². The zero-order valence-electron chi connectivity index (χ0n) is 74.5. The summed E-state index contributed by atoms with van der Waals surface area (Å²) in [6.07, 6.45) is -21.1. The van der Waals surface area contributed by atoms with Crippen molar-refractivity contribution in [2.24, 2.45) is 9.98 Å². The zero-order valence-corrected chi connectivity index (χ0v) is 74.5. The molecule has 8 nitrogen and oxygen atoms in total. The second-order valence-electron chi connectivity index (χ2n) is 34.6. The Morgan fingerprint density at radius 3 is 0.884 bits per heavy atom. The molecular formula is C108H78B2F20N4O4. The predicted octanol–water partition coefficient (Wildman–Crippen LogP) is 31.3. The van der Waals surface area contributed by atoms with Gasteiger partial charge in [0.15, 0.2) is 0 Å². The standard InChI is InChI=1S/C57H41BF10N2O2.C51H37BF10N2O2/c1-32-28-34(3)69-52(32)48(53-33(2)29-35(4)70(53)58(71-30-54(59,60)56(63,64)65)72-31-55(61,62)57(66,67)68)39-24-22-36(23-25-39)40-26-27-45-49-41(40)20-13-21-44(49)50-46(37-14-7-5-8-15-37)42-18-11-12-19-43(42)47(51(45)50)38-16-9-6-10-17-38;1-28-24-30(3)63-46(28)45(47-29(2)25-31(4)64(47)52(65-26-48(53,54)50(57,58)59)66-27-49(55,56)51(60,61)62)37-22-23-39-42-36(37)20-13-21-38(42)43-40(32-14-7-5-8-15-32)34-18-11-12-19-35(34)41(44(39)43)33-16-9-6-10-17-33/h5-29H,30-31H2,1-4H3;5-25H,26-27H2,1-4H3/b52-48-;46-45-. The molecule has 0 N–H and O–H groups in total. The minimum atomic E-state index is -6.15. The van der Waals surface area contributed by atoms with E-state index in [0.717, 1.165) is 147 Å². The van der Waals surface area contributed by atoms with E-state index < -0.39 is 89.3 Å². The van der Waals surface area contributed by atoms with Crippen LogP contribution in [0, 0.1) is 27.7 Å². The highest BCUT2D eigenvalue weighted by Crippen LogP contribution is 2.62. The van der Waals surface area contributed by atoms with Gasteiger partial charge in [0.25, 0.3) is 0 Å². The summed E-state index contributed by atoms with van der Waals surface area (Å²) in [6.45, 7) is 2.97. The van der Waals surface area contributed by atoms with Crippen LogP contribution in [0.2, 0.25) is 0 Å². The number of aliphatic imine (C=N–C) groups is 2. The largest absolute Gasteiger partial charge is 0.598 e. The Morgan fingerprint density at radius 2 is 0.558 bits per heavy atom. The first-order valence-electron chi connectivity index (χ1n) is 43.6. The molecule has 0 unspecified atom stereocenters. The Hall–Kier alpha value is -13.7. The normalized spacial score (nSPS) is 14.7. The molecule has 0 fully saturated rings. The summed E-state index contributed by atoms with van der Waals surface area (Å²) in [4.78, 5) is 9.56. The Bertz CT molecular complexity index is 7360. The number of aryl methyl sites for hydroxylation is 4. The first-order valence-corrected chi connectivity index (χ1v) is 43.6. The molecule has 0 radical (unpaired) electrons. The average molecular weight is 1900 g/mol. The van der Waals surface area contributed by atoms with E-state index in [2.05, 4.69) is 84.9 Å². The van der Waals surface area contributed by atoms with Gasteiger partial charge < -0.3 is 27.6 Å². The molecule has 2 aliphatic carbocycles. The molecule has 30 heteroatoms. The summed E-state index contributed by atoms with van der Waals surface area (Å²) in [5, 5.41) is 7.73. The van der Waals surface area contributed by atoms with Gasteiger partial charge in [0.1, 0.15) is 26.4 Å². The van der Waals surface area contributed by atoms with E-state index in [0.29, 0.717) is 61.6 Å². The molecule has 0 saturated carbocycles. The van der Waals surface area contributed by atoms with Crippen molar-refractivity contribution in [1.82, 2.24) is 8.96 Å². The number of rotatable bonds is 23. The Labute approximate surface area is 778 Å². The van der Waals surface area contributed by atoms with Crippen molar-refractivity contribution in [3.05, 3.63) is 347 Å². The minimum Gasteiger partial charge on any atom is -0.385 e. The van der Waals surface area contributed by atoms with Crippen LogP contribution in [0.25, 0.3) is 154 Å². The third-order valence-corrected chi connectivity index (χ3v) is 25.3. The highest BCUT2D eigenvalue weighted by Gasteiger charge is 2.62. The number of alkyl halides is 20. The van der Waals surface area contributed by atoms with Crippen LogP contribution in [0.4, 0.5) is 87.8 Å². The quantitative estimate of drug-likeness (QED) is 0.0473. The number of hydrogen-bond acceptors (Lipinski definition) is 6. The van der Waals surface area contributed by atoms with Gasteiger partial charge >= 0.3 is 62.9 Å². The van der Waals surface area contributed by atoms with Crippen molar-refractivity contribution in [3.8, 4) is 100 Å². The number of allylic oxidation sites excluding steroid dienone is 4. The van der Waals surface area contributed by atoms with Gasteiger partial charge in [-0.15, -0.1) is 0 Å². The van der Waals surface area contributed by atoms with Crippen molar-refractivity contribution < 1.29 is 106 Å². The molecule has 0 spiro atoms. The summed E-state index contributed by atoms with van der Waals surface area (Å²) < 4.78 is 298. The fourth-order valence-electron chi connectivity index (χ4n) is 19.4. The molecule has 138 heavy (non-hydrogen) atoms. The van der Waals surface area contributed by atoms with Crippen LogP contribution in [-0.2, 0) is 18.6 Å². The molecule has 15 aromatic rings. The molecule has 4 heterocycles. The summed E-state index contributed by atoms with van der Waals surface area (Å²) in [5.41, 5.74) is 23.1. The fraction of sp³-hybridized carbons (Fsp3) is 0.185. The maximum atomic E-state index is 14.5. The number of fused-ring (bicyclic) bond motifs is 8. The topological polar surface area (TPSA) is 71.5 Å². The lowest BCUT2D eigenvalue weighted by molar-refractivity contribution is -0.296. The van der Waals surface area contributed by atoms with Crippen molar-refractivity contribution in [3.63, 3.8) is 0 Å². The molecule has 2 aromatic heterocycles. The van der Waals surface area contributed by atoms with Gasteiger partial charge in [0, 0.05) is 45.3 Å². The maximum absolute atomic E-state index is 14.5. The van der Waals surface area contributed by atoms with Crippen LogP contribution < -0.4 is 0 Å². The van der Waals surface area contributed by atoms with Crippen LogP contribution in [0.3, 0.4) is 0 Å². The van der Waals surface area contributed by atoms with Crippen molar-refractivity contribution in [1.29, 1.82) is 0 Å². The summed E-state index contributed by atoms with van der Waals surface area (Å²) in [7, 11) is -5.27. The van der Waals surface area contributed by atoms with Crippen molar-refractivity contribution in [2.45, 2.75) is 104 Å². The van der Waals surface area contributed by atoms with Crippen molar-refractivity contribution >= 4 is 80.2 Å². The van der Waals surface area contributed by atoms with Crippen LogP contribution in [0.15, 0.2) is 312 Å². The van der Waals surface area contributed by atoms with Crippen LogP contribution in [0.1, 0.15) is 72.7 Å². The molecule has 19 rings (SSSR count). The molecule has 700 valence electrons. The molecule has 0 atom stereocenters. The van der Waals surface area contributed by atoms with Gasteiger partial charge in [0.05, 0.1) is 11.4 Å². The minimum absolute atomic E-state index is 0.0102. The van der Waals surface area contributed by atoms with E-state index >= 15 is 0 Å². The van der Waals surface area contributed by atoms with E-state index in [1.54, 1.807) is 65.8 Å². The smallest absolute Gasteiger partial charge is 0.385 e. The maximum Gasteiger partial charge on any atom is 0.598 e. The van der Waals surface area contributed by atoms with E-state index in [9.17, 15) is 87.8 Å². The number of halogens is 20. The highest BCUT2D eigenvalue weighted by atomic mass is 19.4. The Kier molecular flexibility index (Phi) is 24.3. The third-order valence-electron chi connectivity index (χ3n) is 25.3. The van der Waals surface area contributed by atoms with Crippen LogP contribution >= 0.6 is 0 Å². The third kappa shape index (κ3) is 16.7. The molecule has 13 aromatic carbocycles. The molecule has 0 bridgehead atoms. The van der Waals surface area contributed by atoms with Crippen LogP contribution in [-0.4, -0.2) is 110 Å². The highest BCUT2D eigenvalue weighted by molar-refractivity contribution is 6.44. The Morgan fingerprint density at radius 1 is 0.275 bits per heavy atom. The first-order chi connectivity index (χ1) is 65.4. The summed E-state index contributed by atoms with van der Waals surface area (Å²) in [6, 6.07) is 87.3.